The van der Waals surface area contributed by atoms with Gasteiger partial charge in [-0.2, -0.15) is 0 Å². The lowest BCUT2D eigenvalue weighted by Crippen LogP contribution is -2.28. The van der Waals surface area contributed by atoms with Crippen molar-refractivity contribution < 1.29 is 15.0 Å². The Kier molecular flexibility index (Phi) is 3.61. The van der Waals surface area contributed by atoms with Gasteiger partial charge in [0.15, 0.2) is 5.69 Å². The van der Waals surface area contributed by atoms with Gasteiger partial charge in [-0.3, -0.25) is 0 Å². The number of nitrogens with zero attached hydrogens (tertiary/aromatic N) is 3. The van der Waals surface area contributed by atoms with Crippen molar-refractivity contribution in [3.05, 3.63) is 11.4 Å². The van der Waals surface area contributed by atoms with E-state index in [1.54, 1.807) is 13.8 Å². The number of hydrogen-bond acceptors (Lipinski definition) is 5. The number of carbonyl (C=O) groups is 1. The topological polar surface area (TPSA) is 114 Å². The van der Waals surface area contributed by atoms with Crippen LogP contribution in [0, 0.1) is 0 Å². The van der Waals surface area contributed by atoms with Crippen molar-refractivity contribution in [1.29, 1.82) is 0 Å². The predicted molar refractivity (Wildman–Crippen MR) is 56.0 cm³/mol. The quantitative estimate of drug-likeness (QED) is 0.610. The Balaban J connectivity index is 3.05. The Hall–Kier alpha value is -1.47. The highest BCUT2D eigenvalue weighted by atomic mass is 16.4. The highest BCUT2D eigenvalue weighted by Crippen LogP contribution is 2.11. The van der Waals surface area contributed by atoms with E-state index in [0.717, 1.165) is 0 Å². The number of aliphatic hydroxyl groups is 1. The molecule has 1 rings (SSSR count). The monoisotopic (exact) mass is 228 g/mol. The van der Waals surface area contributed by atoms with Crippen LogP contribution in [0.25, 0.3) is 0 Å². The van der Waals surface area contributed by atoms with Crippen LogP contribution in [0.4, 0.5) is 0 Å². The van der Waals surface area contributed by atoms with Crippen LogP contribution in [0.2, 0.25) is 0 Å². The van der Waals surface area contributed by atoms with Gasteiger partial charge in [-0.1, -0.05) is 5.21 Å². The van der Waals surface area contributed by atoms with Gasteiger partial charge in [-0.15, -0.1) is 5.10 Å². The zero-order valence-corrected chi connectivity index (χ0v) is 9.34. The molecule has 0 fully saturated rings. The molecule has 0 aliphatic rings. The van der Waals surface area contributed by atoms with Crippen molar-refractivity contribution >= 4 is 5.97 Å². The molecular formula is C9H16N4O3. The minimum Gasteiger partial charge on any atom is -0.476 e. The Labute approximate surface area is 92.9 Å². The molecular weight excluding hydrogens is 212 g/mol. The van der Waals surface area contributed by atoms with Gasteiger partial charge in [0.2, 0.25) is 0 Å². The van der Waals surface area contributed by atoms with E-state index < -0.39 is 11.6 Å². The average molecular weight is 228 g/mol. The average Bonchev–Trinajstić information content (AvgIpc) is 2.47. The second-order valence-corrected chi connectivity index (χ2v) is 4.20. The van der Waals surface area contributed by atoms with Crippen molar-refractivity contribution in [1.82, 2.24) is 15.0 Å². The van der Waals surface area contributed by atoms with Crippen LogP contribution in [0.1, 0.15) is 30.0 Å². The summed E-state index contributed by atoms with van der Waals surface area (Å²) in [6.07, 6.45) is 0.366. The summed E-state index contributed by atoms with van der Waals surface area (Å²) in [4.78, 5) is 10.9. The minimum absolute atomic E-state index is 0.102. The second kappa shape index (κ2) is 4.58. The summed E-state index contributed by atoms with van der Waals surface area (Å²) in [6, 6.07) is 0. The van der Waals surface area contributed by atoms with Gasteiger partial charge in [0, 0.05) is 6.42 Å². The van der Waals surface area contributed by atoms with Gasteiger partial charge >= 0.3 is 5.97 Å². The van der Waals surface area contributed by atoms with Gasteiger partial charge in [0.25, 0.3) is 0 Å². The van der Waals surface area contributed by atoms with Gasteiger partial charge in [-0.25, -0.2) is 9.48 Å². The number of rotatable bonds is 5. The molecule has 1 aromatic rings. The van der Waals surface area contributed by atoms with Gasteiger partial charge < -0.3 is 15.9 Å². The number of aromatic carboxylic acids is 1. The summed E-state index contributed by atoms with van der Waals surface area (Å²) in [7, 11) is 0. The van der Waals surface area contributed by atoms with Crippen LogP contribution in [0.15, 0.2) is 0 Å². The first-order valence-electron chi connectivity index (χ1n) is 4.93. The van der Waals surface area contributed by atoms with E-state index in [4.69, 9.17) is 10.8 Å². The molecule has 0 atom stereocenters. The first-order valence-corrected chi connectivity index (χ1v) is 4.93. The molecule has 7 heteroatoms. The molecule has 0 unspecified atom stereocenters. The lowest BCUT2D eigenvalue weighted by atomic mass is 10.1. The first-order chi connectivity index (χ1) is 7.35. The maximum absolute atomic E-state index is 10.9. The zero-order valence-electron chi connectivity index (χ0n) is 9.34. The third-order valence-electron chi connectivity index (χ3n) is 1.96. The van der Waals surface area contributed by atoms with Crippen LogP contribution in [0.3, 0.4) is 0 Å². The number of carboxylic acids is 1. The van der Waals surface area contributed by atoms with Crippen LogP contribution in [-0.2, 0) is 13.0 Å². The minimum atomic E-state index is -1.13. The van der Waals surface area contributed by atoms with E-state index in [2.05, 4.69) is 10.3 Å². The Morgan fingerprint density at radius 1 is 1.56 bits per heavy atom. The molecule has 0 saturated heterocycles. The Morgan fingerprint density at radius 2 is 2.19 bits per heavy atom. The highest BCUT2D eigenvalue weighted by molar-refractivity contribution is 5.86. The first kappa shape index (κ1) is 12.6. The molecule has 0 bridgehead atoms. The molecule has 0 aromatic carbocycles. The Bertz CT molecular complexity index is 381. The molecule has 0 amide bonds. The smallest absolute Gasteiger partial charge is 0.358 e. The second-order valence-electron chi connectivity index (χ2n) is 4.20. The molecule has 4 N–H and O–H groups in total. The third kappa shape index (κ3) is 3.01. The molecule has 0 aliphatic heterocycles. The zero-order chi connectivity index (χ0) is 12.3. The van der Waals surface area contributed by atoms with E-state index in [1.165, 1.54) is 4.68 Å². The number of nitrogens with two attached hydrogens (primary N) is 1. The van der Waals surface area contributed by atoms with Crippen LogP contribution in [-0.4, -0.2) is 43.3 Å². The fourth-order valence-corrected chi connectivity index (χ4v) is 1.38. The van der Waals surface area contributed by atoms with E-state index in [1.807, 2.05) is 0 Å². The van der Waals surface area contributed by atoms with Gasteiger partial charge in [0.1, 0.15) is 0 Å². The third-order valence-corrected chi connectivity index (χ3v) is 1.96. The standard InChI is InChI=1S/C9H16N4O3/c1-9(2,16)5-13-6(3-4-10)7(8(14)15)11-12-13/h16H,3-5,10H2,1-2H3,(H,14,15). The lowest BCUT2D eigenvalue weighted by Gasteiger charge is -2.17. The molecule has 0 aliphatic carbocycles. The van der Waals surface area contributed by atoms with E-state index >= 15 is 0 Å². The van der Waals surface area contributed by atoms with E-state index in [9.17, 15) is 9.90 Å². The maximum Gasteiger partial charge on any atom is 0.358 e. The summed E-state index contributed by atoms with van der Waals surface area (Å²) in [5, 5.41) is 25.8. The number of carboxylic acid groups (broad SMARTS) is 1. The van der Waals surface area contributed by atoms with Crippen LogP contribution >= 0.6 is 0 Å². The lowest BCUT2D eigenvalue weighted by molar-refractivity contribution is 0.0559. The van der Waals surface area contributed by atoms with Gasteiger partial charge in [-0.05, 0) is 20.4 Å². The summed E-state index contributed by atoms with van der Waals surface area (Å²) in [6.45, 7) is 3.71. The largest absolute Gasteiger partial charge is 0.476 e. The molecule has 1 aromatic heterocycles. The summed E-state index contributed by atoms with van der Waals surface area (Å²) in [5.74, 6) is -1.13. The van der Waals surface area contributed by atoms with E-state index in [-0.39, 0.29) is 12.2 Å². The summed E-state index contributed by atoms with van der Waals surface area (Å²) < 4.78 is 1.39. The normalized spacial score (nSPS) is 11.8. The summed E-state index contributed by atoms with van der Waals surface area (Å²) >= 11 is 0. The predicted octanol–water partition coefficient (Wildman–Crippen LogP) is -0.752. The molecule has 16 heavy (non-hydrogen) atoms. The molecule has 0 spiro atoms. The summed E-state index contributed by atoms with van der Waals surface area (Å²) in [5.41, 5.74) is 4.76. The van der Waals surface area contributed by atoms with Crippen molar-refractivity contribution in [2.24, 2.45) is 5.73 Å². The van der Waals surface area contributed by atoms with Crippen LogP contribution < -0.4 is 5.73 Å². The van der Waals surface area contributed by atoms with Gasteiger partial charge in [0.05, 0.1) is 17.8 Å². The number of hydrogen-bond donors (Lipinski definition) is 3. The van der Waals surface area contributed by atoms with Crippen molar-refractivity contribution in [2.75, 3.05) is 6.54 Å². The molecule has 1 heterocycles. The molecule has 0 saturated carbocycles. The molecule has 7 nitrogen and oxygen atoms in total. The fraction of sp³-hybridized carbons (Fsp3) is 0.667. The van der Waals surface area contributed by atoms with Crippen molar-refractivity contribution in [3.63, 3.8) is 0 Å². The number of aromatic nitrogens is 3. The maximum atomic E-state index is 10.9. The highest BCUT2D eigenvalue weighted by Gasteiger charge is 2.22. The van der Waals surface area contributed by atoms with Crippen LogP contribution in [0.5, 0.6) is 0 Å². The SMILES string of the molecule is CC(C)(O)Cn1nnc(C(=O)O)c1CCN. The van der Waals surface area contributed by atoms with E-state index in [0.29, 0.717) is 18.7 Å². The Morgan fingerprint density at radius 3 is 2.62 bits per heavy atom. The molecule has 0 radical (unpaired) electrons. The van der Waals surface area contributed by atoms with Crippen molar-refractivity contribution in [3.8, 4) is 0 Å². The fourth-order valence-electron chi connectivity index (χ4n) is 1.38. The van der Waals surface area contributed by atoms with Crippen molar-refractivity contribution in [2.45, 2.75) is 32.4 Å². The molecule has 90 valence electrons.